The molecule has 2 aromatic carbocycles. The fourth-order valence-electron chi connectivity index (χ4n) is 2.21. The molecule has 0 bridgehead atoms. The maximum absolute atomic E-state index is 11.9. The Bertz CT molecular complexity index is 874. The lowest BCUT2D eigenvalue weighted by Crippen LogP contribution is -2.32. The monoisotopic (exact) mass is 397 g/mol. The van der Waals surface area contributed by atoms with Gasteiger partial charge in [0.05, 0.1) is 13.3 Å². The third-order valence-corrected chi connectivity index (χ3v) is 3.89. The summed E-state index contributed by atoms with van der Waals surface area (Å²) in [5.74, 6) is -1.31. The molecule has 0 aliphatic rings. The second kappa shape index (κ2) is 10.6. The number of ether oxygens (including phenoxy) is 2. The standard InChI is InChI=1S/C21H23N3O5/c1-14(2)16-6-8-17(9-7-16)23-20(26)21(27)24-22-12-15-4-10-18(11-5-15)29-13-19(25)28-3/h4-12,14H,13H2,1-3H3,(H,23,26)(H,24,27)/b22-12-. The van der Waals surface area contributed by atoms with Crippen molar-refractivity contribution in [2.75, 3.05) is 19.0 Å². The first kappa shape index (κ1) is 21.6. The Morgan fingerprint density at radius 1 is 1.00 bits per heavy atom. The lowest BCUT2D eigenvalue weighted by atomic mass is 10.0. The lowest BCUT2D eigenvalue weighted by Gasteiger charge is -2.07. The molecule has 0 heterocycles. The van der Waals surface area contributed by atoms with Crippen molar-refractivity contribution in [2.45, 2.75) is 19.8 Å². The zero-order chi connectivity index (χ0) is 21.2. The number of nitrogens with one attached hydrogen (secondary N) is 2. The summed E-state index contributed by atoms with van der Waals surface area (Å²) in [6, 6.07) is 13.9. The van der Waals surface area contributed by atoms with Crippen molar-refractivity contribution in [3.63, 3.8) is 0 Å². The third-order valence-electron chi connectivity index (χ3n) is 3.89. The molecule has 0 atom stereocenters. The minimum absolute atomic E-state index is 0.185. The molecule has 0 radical (unpaired) electrons. The smallest absolute Gasteiger partial charge is 0.343 e. The fourth-order valence-corrected chi connectivity index (χ4v) is 2.21. The van der Waals surface area contributed by atoms with Gasteiger partial charge < -0.3 is 14.8 Å². The normalized spacial score (nSPS) is 10.6. The van der Waals surface area contributed by atoms with Gasteiger partial charge in [0.1, 0.15) is 5.75 Å². The minimum Gasteiger partial charge on any atom is -0.482 e. The van der Waals surface area contributed by atoms with Gasteiger partial charge in [-0.1, -0.05) is 26.0 Å². The van der Waals surface area contributed by atoms with E-state index in [0.717, 1.165) is 5.56 Å². The molecule has 2 rings (SSSR count). The van der Waals surface area contributed by atoms with Crippen molar-refractivity contribution in [1.82, 2.24) is 5.43 Å². The van der Waals surface area contributed by atoms with Gasteiger partial charge in [0.2, 0.25) is 0 Å². The minimum atomic E-state index is -0.882. The Kier molecular flexibility index (Phi) is 7.90. The van der Waals surface area contributed by atoms with Gasteiger partial charge in [-0.15, -0.1) is 0 Å². The van der Waals surface area contributed by atoms with Crippen LogP contribution in [0.1, 0.15) is 30.9 Å². The first-order valence-electron chi connectivity index (χ1n) is 8.93. The largest absolute Gasteiger partial charge is 0.482 e. The highest BCUT2D eigenvalue weighted by Crippen LogP contribution is 2.17. The first-order valence-corrected chi connectivity index (χ1v) is 8.93. The van der Waals surface area contributed by atoms with Gasteiger partial charge in [-0.2, -0.15) is 5.10 Å². The molecule has 2 aromatic rings. The second-order valence-corrected chi connectivity index (χ2v) is 6.36. The number of benzene rings is 2. The van der Waals surface area contributed by atoms with Crippen molar-refractivity contribution in [3.8, 4) is 5.75 Å². The van der Waals surface area contributed by atoms with Crippen LogP contribution in [0.5, 0.6) is 5.75 Å². The molecular weight excluding hydrogens is 374 g/mol. The molecule has 29 heavy (non-hydrogen) atoms. The van der Waals surface area contributed by atoms with Crippen molar-refractivity contribution >= 4 is 29.7 Å². The van der Waals surface area contributed by atoms with Crippen LogP contribution in [0.25, 0.3) is 0 Å². The molecule has 0 spiro atoms. The van der Waals surface area contributed by atoms with Gasteiger partial charge in [-0.3, -0.25) is 9.59 Å². The number of rotatable bonds is 7. The lowest BCUT2D eigenvalue weighted by molar-refractivity contribution is -0.142. The number of hydrogen-bond donors (Lipinski definition) is 2. The summed E-state index contributed by atoms with van der Waals surface area (Å²) in [5.41, 5.74) is 4.50. The molecule has 0 aliphatic carbocycles. The zero-order valence-electron chi connectivity index (χ0n) is 16.5. The summed E-state index contributed by atoms with van der Waals surface area (Å²) in [6.45, 7) is 3.96. The molecule has 152 valence electrons. The number of carbonyl (C=O) groups excluding carboxylic acids is 3. The van der Waals surface area contributed by atoms with Crippen LogP contribution in [0.3, 0.4) is 0 Å². The van der Waals surface area contributed by atoms with E-state index >= 15 is 0 Å². The molecule has 8 nitrogen and oxygen atoms in total. The highest BCUT2D eigenvalue weighted by molar-refractivity contribution is 6.39. The average Bonchev–Trinajstić information content (AvgIpc) is 2.73. The van der Waals surface area contributed by atoms with Gasteiger partial charge in [0.25, 0.3) is 0 Å². The third kappa shape index (κ3) is 7.10. The van der Waals surface area contributed by atoms with Gasteiger partial charge in [0, 0.05) is 5.69 Å². The van der Waals surface area contributed by atoms with Crippen LogP contribution in [-0.4, -0.2) is 37.7 Å². The SMILES string of the molecule is COC(=O)COc1ccc(/C=N\NC(=O)C(=O)Nc2ccc(C(C)C)cc2)cc1. The topological polar surface area (TPSA) is 106 Å². The van der Waals surface area contributed by atoms with Crippen molar-refractivity contribution in [1.29, 1.82) is 0 Å². The molecule has 0 fully saturated rings. The molecule has 0 saturated heterocycles. The van der Waals surface area contributed by atoms with Crippen LogP contribution >= 0.6 is 0 Å². The van der Waals surface area contributed by atoms with E-state index in [-0.39, 0.29) is 6.61 Å². The van der Waals surface area contributed by atoms with Crippen molar-refractivity contribution in [2.24, 2.45) is 5.10 Å². The van der Waals surface area contributed by atoms with Gasteiger partial charge >= 0.3 is 17.8 Å². The Hall–Kier alpha value is -3.68. The number of nitrogens with zero attached hydrogens (tertiary/aromatic N) is 1. The van der Waals surface area contributed by atoms with Crippen LogP contribution in [-0.2, 0) is 19.1 Å². The van der Waals surface area contributed by atoms with Crippen LogP contribution in [0.4, 0.5) is 5.69 Å². The Labute approximate surface area is 168 Å². The van der Waals surface area contributed by atoms with Crippen LogP contribution < -0.4 is 15.5 Å². The summed E-state index contributed by atoms with van der Waals surface area (Å²) in [5, 5.41) is 6.27. The predicted octanol–water partition coefficient (Wildman–Crippen LogP) is 2.45. The average molecular weight is 397 g/mol. The summed E-state index contributed by atoms with van der Waals surface area (Å²) < 4.78 is 9.71. The highest BCUT2D eigenvalue weighted by Gasteiger charge is 2.13. The highest BCUT2D eigenvalue weighted by atomic mass is 16.6. The van der Waals surface area contributed by atoms with E-state index in [2.05, 4.69) is 34.4 Å². The van der Waals surface area contributed by atoms with Gasteiger partial charge in [-0.05, 0) is 53.4 Å². The van der Waals surface area contributed by atoms with Crippen LogP contribution in [0.15, 0.2) is 53.6 Å². The second-order valence-electron chi connectivity index (χ2n) is 6.36. The van der Waals surface area contributed by atoms with E-state index in [4.69, 9.17) is 4.74 Å². The van der Waals surface area contributed by atoms with E-state index in [0.29, 0.717) is 22.9 Å². The number of amides is 2. The quantitative estimate of drug-likeness (QED) is 0.323. The first-order chi connectivity index (χ1) is 13.9. The molecule has 0 saturated carbocycles. The maximum Gasteiger partial charge on any atom is 0.343 e. The Morgan fingerprint density at radius 3 is 2.24 bits per heavy atom. The molecule has 0 unspecified atom stereocenters. The number of carbonyl (C=O) groups is 3. The molecule has 0 aliphatic heterocycles. The number of methoxy groups -OCH3 is 1. The van der Waals surface area contributed by atoms with E-state index < -0.39 is 17.8 Å². The zero-order valence-corrected chi connectivity index (χ0v) is 16.5. The summed E-state index contributed by atoms with van der Waals surface area (Å²) >= 11 is 0. The van der Waals surface area contributed by atoms with E-state index in [9.17, 15) is 14.4 Å². The molecule has 2 N–H and O–H groups in total. The molecular formula is C21H23N3O5. The summed E-state index contributed by atoms with van der Waals surface area (Å²) in [4.78, 5) is 34.8. The maximum atomic E-state index is 11.9. The van der Waals surface area contributed by atoms with Gasteiger partial charge in [-0.25, -0.2) is 10.2 Å². The summed E-state index contributed by atoms with van der Waals surface area (Å²) in [7, 11) is 1.28. The van der Waals surface area contributed by atoms with E-state index in [1.165, 1.54) is 13.3 Å². The van der Waals surface area contributed by atoms with E-state index in [1.54, 1.807) is 36.4 Å². The van der Waals surface area contributed by atoms with Gasteiger partial charge in [0.15, 0.2) is 6.61 Å². The number of hydrazone groups is 1. The number of esters is 1. The van der Waals surface area contributed by atoms with Crippen molar-refractivity contribution < 1.29 is 23.9 Å². The molecule has 8 heteroatoms. The number of anilines is 1. The summed E-state index contributed by atoms with van der Waals surface area (Å²) in [6.07, 6.45) is 1.38. The molecule has 0 aromatic heterocycles. The van der Waals surface area contributed by atoms with Crippen LogP contribution in [0, 0.1) is 0 Å². The van der Waals surface area contributed by atoms with E-state index in [1.807, 2.05) is 12.1 Å². The van der Waals surface area contributed by atoms with Crippen molar-refractivity contribution in [3.05, 3.63) is 59.7 Å². The number of hydrogen-bond acceptors (Lipinski definition) is 6. The predicted molar refractivity (Wildman–Crippen MR) is 109 cm³/mol. The Balaban J connectivity index is 1.82. The Morgan fingerprint density at radius 2 is 1.66 bits per heavy atom. The van der Waals surface area contributed by atoms with Crippen LogP contribution in [0.2, 0.25) is 0 Å². The fraction of sp³-hybridized carbons (Fsp3) is 0.238. The molecule has 2 amide bonds.